The number of hydrogen-bond donors (Lipinski definition) is 1. The van der Waals surface area contributed by atoms with Crippen molar-refractivity contribution < 1.29 is 9.59 Å². The average Bonchev–Trinajstić information content (AvgIpc) is 2.53. The minimum Gasteiger partial charge on any atom is -0.324 e. The van der Waals surface area contributed by atoms with Crippen molar-refractivity contribution in [3.8, 4) is 0 Å². The van der Waals surface area contributed by atoms with E-state index < -0.39 is 0 Å². The highest BCUT2D eigenvalue weighted by Gasteiger charge is 2.24. The van der Waals surface area contributed by atoms with Gasteiger partial charge in [-0.05, 0) is 23.8 Å². The van der Waals surface area contributed by atoms with Crippen LogP contribution < -0.4 is 10.6 Å². The summed E-state index contributed by atoms with van der Waals surface area (Å²) >= 11 is 0. The molecule has 1 aliphatic rings. The van der Waals surface area contributed by atoms with Crippen molar-refractivity contribution in [3.63, 3.8) is 0 Å². The van der Waals surface area contributed by atoms with Crippen molar-refractivity contribution in [1.29, 1.82) is 0 Å². The van der Waals surface area contributed by atoms with Gasteiger partial charge in [0.15, 0.2) is 5.78 Å². The Labute approximate surface area is 99.8 Å². The topological polar surface area (TPSA) is 63.4 Å². The molecule has 0 atom stereocenters. The molecule has 1 aromatic rings. The molecule has 0 aliphatic carbocycles. The molecule has 86 valence electrons. The lowest BCUT2D eigenvalue weighted by molar-refractivity contribution is -0.117. The second-order valence-corrected chi connectivity index (χ2v) is 3.60. The van der Waals surface area contributed by atoms with E-state index in [4.69, 9.17) is 5.73 Å². The number of likely N-dealkylation sites (N-methyl/N-ethyl adjacent to an activating group) is 1. The van der Waals surface area contributed by atoms with Gasteiger partial charge in [-0.25, -0.2) is 0 Å². The maximum absolute atomic E-state index is 11.4. The molecule has 16 heavy (non-hydrogen) atoms. The van der Waals surface area contributed by atoms with Gasteiger partial charge in [-0.3, -0.25) is 9.59 Å². The summed E-state index contributed by atoms with van der Waals surface area (Å²) in [7, 11) is 1.73. The standard InChI is InChI=1S/C11H12N2O2.ClH/c1-13-9-3-2-7(10(14)6-12)4-8(9)5-11(13)15;/h2-4H,5-6,12H2,1H3;1H. The predicted molar refractivity (Wildman–Crippen MR) is 64.2 cm³/mol. The van der Waals surface area contributed by atoms with Gasteiger partial charge in [-0.2, -0.15) is 0 Å². The molecule has 0 spiro atoms. The zero-order valence-electron chi connectivity index (χ0n) is 8.90. The Morgan fingerprint density at radius 2 is 2.19 bits per heavy atom. The zero-order chi connectivity index (χ0) is 11.0. The number of carbonyl (C=O) groups is 2. The number of Topliss-reactive ketones (excluding diaryl/α,β-unsaturated/α-hetero) is 1. The fraction of sp³-hybridized carbons (Fsp3) is 0.273. The quantitative estimate of drug-likeness (QED) is 0.777. The Morgan fingerprint density at radius 3 is 2.81 bits per heavy atom. The third kappa shape index (κ3) is 1.94. The van der Waals surface area contributed by atoms with Crippen LogP contribution in [0.15, 0.2) is 18.2 Å². The van der Waals surface area contributed by atoms with E-state index in [1.807, 2.05) is 0 Å². The van der Waals surface area contributed by atoms with Crippen molar-refractivity contribution in [2.45, 2.75) is 6.42 Å². The monoisotopic (exact) mass is 240 g/mol. The molecule has 2 rings (SSSR count). The number of benzene rings is 1. The third-order valence-electron chi connectivity index (χ3n) is 2.66. The first-order chi connectivity index (χ1) is 7.13. The van der Waals surface area contributed by atoms with Gasteiger partial charge < -0.3 is 10.6 Å². The van der Waals surface area contributed by atoms with Crippen molar-refractivity contribution in [2.24, 2.45) is 5.73 Å². The van der Waals surface area contributed by atoms with E-state index in [1.165, 1.54) is 0 Å². The molecule has 0 saturated carbocycles. The van der Waals surface area contributed by atoms with Gasteiger partial charge in [0.1, 0.15) is 0 Å². The van der Waals surface area contributed by atoms with E-state index in [0.717, 1.165) is 11.3 Å². The summed E-state index contributed by atoms with van der Waals surface area (Å²) in [5, 5.41) is 0. The summed E-state index contributed by atoms with van der Waals surface area (Å²) in [4.78, 5) is 24.4. The molecular weight excluding hydrogens is 228 g/mol. The number of halogens is 1. The highest BCUT2D eigenvalue weighted by atomic mass is 35.5. The van der Waals surface area contributed by atoms with Crippen LogP contribution in [0.1, 0.15) is 15.9 Å². The van der Waals surface area contributed by atoms with Crippen LogP contribution in [0.3, 0.4) is 0 Å². The largest absolute Gasteiger partial charge is 0.324 e. The number of rotatable bonds is 2. The van der Waals surface area contributed by atoms with Gasteiger partial charge in [0.05, 0.1) is 13.0 Å². The molecular formula is C11H13ClN2O2. The Bertz CT molecular complexity index is 446. The number of ketones is 1. The Balaban J connectivity index is 0.00000128. The molecule has 0 aromatic heterocycles. The summed E-state index contributed by atoms with van der Waals surface area (Å²) in [5.41, 5.74) is 7.65. The summed E-state index contributed by atoms with van der Waals surface area (Å²) in [6.07, 6.45) is 0.373. The molecule has 1 aromatic carbocycles. The SMILES string of the molecule is CN1C(=O)Cc2cc(C(=O)CN)ccc21.Cl. The number of fused-ring (bicyclic) bond motifs is 1. The molecule has 0 fully saturated rings. The van der Waals surface area contributed by atoms with Crippen LogP contribution in [0.5, 0.6) is 0 Å². The predicted octanol–water partition coefficient (Wildman–Crippen LogP) is 0.769. The normalized spacial score (nSPS) is 13.4. The summed E-state index contributed by atoms with van der Waals surface area (Å²) in [6, 6.07) is 5.26. The average molecular weight is 241 g/mol. The van der Waals surface area contributed by atoms with Gasteiger partial charge in [0.2, 0.25) is 5.91 Å². The van der Waals surface area contributed by atoms with Crippen LogP contribution >= 0.6 is 12.4 Å². The first-order valence-corrected chi connectivity index (χ1v) is 4.76. The van der Waals surface area contributed by atoms with Gasteiger partial charge in [-0.15, -0.1) is 12.4 Å². The van der Waals surface area contributed by atoms with Crippen LogP contribution in [-0.4, -0.2) is 25.3 Å². The van der Waals surface area contributed by atoms with Crippen LogP contribution in [0.2, 0.25) is 0 Å². The molecule has 0 saturated heterocycles. The van der Waals surface area contributed by atoms with E-state index in [0.29, 0.717) is 12.0 Å². The minimum absolute atomic E-state index is 0. The van der Waals surface area contributed by atoms with Crippen molar-refractivity contribution >= 4 is 29.8 Å². The molecule has 1 heterocycles. The van der Waals surface area contributed by atoms with Crippen LogP contribution in [0.25, 0.3) is 0 Å². The first kappa shape index (κ1) is 12.7. The third-order valence-corrected chi connectivity index (χ3v) is 2.66. The summed E-state index contributed by atoms with van der Waals surface area (Å²) < 4.78 is 0. The van der Waals surface area contributed by atoms with Crippen LogP contribution in [-0.2, 0) is 11.2 Å². The molecule has 4 nitrogen and oxygen atoms in total. The number of nitrogens with two attached hydrogens (primary N) is 1. The van der Waals surface area contributed by atoms with Gasteiger partial charge >= 0.3 is 0 Å². The summed E-state index contributed by atoms with van der Waals surface area (Å²) in [5.74, 6) is -0.0397. The molecule has 0 radical (unpaired) electrons. The van der Waals surface area contributed by atoms with Crippen molar-refractivity contribution in [2.75, 3.05) is 18.5 Å². The second-order valence-electron chi connectivity index (χ2n) is 3.60. The number of carbonyl (C=O) groups excluding carboxylic acids is 2. The number of nitrogens with zero attached hydrogens (tertiary/aromatic N) is 1. The van der Waals surface area contributed by atoms with Crippen LogP contribution in [0, 0.1) is 0 Å². The number of hydrogen-bond acceptors (Lipinski definition) is 3. The fourth-order valence-electron chi connectivity index (χ4n) is 1.76. The number of amides is 1. The van der Waals surface area contributed by atoms with E-state index in [1.54, 1.807) is 30.1 Å². The maximum atomic E-state index is 11.4. The molecule has 1 aliphatic heterocycles. The van der Waals surface area contributed by atoms with E-state index in [-0.39, 0.29) is 30.6 Å². The first-order valence-electron chi connectivity index (χ1n) is 4.76. The fourth-order valence-corrected chi connectivity index (χ4v) is 1.76. The Kier molecular flexibility index (Phi) is 3.67. The van der Waals surface area contributed by atoms with Gasteiger partial charge in [0.25, 0.3) is 0 Å². The maximum Gasteiger partial charge on any atom is 0.231 e. The zero-order valence-corrected chi connectivity index (χ0v) is 9.71. The second kappa shape index (κ2) is 4.63. The van der Waals surface area contributed by atoms with Crippen molar-refractivity contribution in [3.05, 3.63) is 29.3 Å². The van der Waals surface area contributed by atoms with E-state index in [9.17, 15) is 9.59 Å². The van der Waals surface area contributed by atoms with Gasteiger partial charge in [0, 0.05) is 18.3 Å². The smallest absolute Gasteiger partial charge is 0.231 e. The lowest BCUT2D eigenvalue weighted by Gasteiger charge is -2.09. The lowest BCUT2D eigenvalue weighted by Crippen LogP contribution is -2.20. The molecule has 5 heteroatoms. The van der Waals surface area contributed by atoms with E-state index >= 15 is 0 Å². The molecule has 0 unspecified atom stereocenters. The molecule has 2 N–H and O–H groups in total. The number of anilines is 1. The lowest BCUT2D eigenvalue weighted by atomic mass is 10.1. The Morgan fingerprint density at radius 1 is 1.50 bits per heavy atom. The van der Waals surface area contributed by atoms with Crippen LogP contribution in [0.4, 0.5) is 5.69 Å². The van der Waals surface area contributed by atoms with Crippen molar-refractivity contribution in [1.82, 2.24) is 0 Å². The highest BCUT2D eigenvalue weighted by molar-refractivity contribution is 6.03. The summed E-state index contributed by atoms with van der Waals surface area (Å²) in [6.45, 7) is 0.00255. The molecule has 0 bridgehead atoms. The Hall–Kier alpha value is -1.39. The molecule has 1 amide bonds. The highest BCUT2D eigenvalue weighted by Crippen LogP contribution is 2.28. The van der Waals surface area contributed by atoms with Gasteiger partial charge in [-0.1, -0.05) is 0 Å². The van der Waals surface area contributed by atoms with E-state index in [2.05, 4.69) is 0 Å². The minimum atomic E-state index is -0.0974.